The summed E-state index contributed by atoms with van der Waals surface area (Å²) in [5.74, 6) is -0.0237. The molecule has 8 nitrogen and oxygen atoms in total. The molecule has 3 aliphatic heterocycles. The van der Waals surface area contributed by atoms with Crippen LogP contribution in [0.2, 0.25) is 0 Å². The summed E-state index contributed by atoms with van der Waals surface area (Å²) in [4.78, 5) is 29.6. The molecule has 4 heterocycles. The van der Waals surface area contributed by atoms with Crippen molar-refractivity contribution >= 4 is 28.9 Å². The third kappa shape index (κ3) is 4.43. The van der Waals surface area contributed by atoms with Crippen molar-refractivity contribution in [3.63, 3.8) is 0 Å². The molecule has 1 aromatic heterocycles. The van der Waals surface area contributed by atoms with E-state index in [9.17, 15) is 18.4 Å². The van der Waals surface area contributed by atoms with Crippen molar-refractivity contribution < 1.29 is 23.1 Å². The summed E-state index contributed by atoms with van der Waals surface area (Å²) in [5.41, 5.74) is 7.50. The van der Waals surface area contributed by atoms with Crippen LogP contribution < -0.4 is 4.90 Å². The van der Waals surface area contributed by atoms with E-state index in [1.54, 1.807) is 49.1 Å². The highest BCUT2D eigenvalue weighted by molar-refractivity contribution is 5.84. The topological polar surface area (TPSA) is 70.9 Å². The van der Waals surface area contributed by atoms with Crippen LogP contribution in [0.15, 0.2) is 42.9 Å². The molecule has 0 spiro atoms. The fourth-order valence-corrected chi connectivity index (χ4v) is 5.76. The van der Waals surface area contributed by atoms with Crippen LogP contribution in [-0.2, 0) is 36.1 Å². The van der Waals surface area contributed by atoms with Gasteiger partial charge in [-0.15, -0.1) is 0 Å². The average molecular weight is 534 g/mol. The molecule has 0 N–H and O–H groups in total. The SMILES string of the molecule is CC(=O)N1Cc2cc(C3=COC(=O)N(C)C3)cc(N3CCCc4cc(-c5cnn(C)c5)c(C(F)F)cc43)c2C1. The van der Waals surface area contributed by atoms with Gasteiger partial charge in [0.15, 0.2) is 0 Å². The number of halogens is 2. The van der Waals surface area contributed by atoms with Crippen molar-refractivity contribution in [3.8, 4) is 11.1 Å². The zero-order valence-corrected chi connectivity index (χ0v) is 22.1. The van der Waals surface area contributed by atoms with E-state index in [0.717, 1.165) is 52.0 Å². The first kappa shape index (κ1) is 25.1. The van der Waals surface area contributed by atoms with Gasteiger partial charge < -0.3 is 19.4 Å². The minimum Gasteiger partial charge on any atom is -0.418 e. The zero-order chi connectivity index (χ0) is 27.4. The van der Waals surface area contributed by atoms with Gasteiger partial charge in [0, 0.05) is 80.5 Å². The molecule has 3 aliphatic rings. The summed E-state index contributed by atoms with van der Waals surface area (Å²) in [5, 5.41) is 4.18. The van der Waals surface area contributed by atoms with Gasteiger partial charge in [-0.1, -0.05) is 0 Å². The number of alkyl halides is 2. The quantitative estimate of drug-likeness (QED) is 0.450. The lowest BCUT2D eigenvalue weighted by Gasteiger charge is -2.34. The molecule has 0 bridgehead atoms. The lowest BCUT2D eigenvalue weighted by molar-refractivity contribution is -0.129. The number of nitrogens with zero attached hydrogens (tertiary/aromatic N) is 5. The molecule has 10 heteroatoms. The van der Waals surface area contributed by atoms with Crippen molar-refractivity contribution in [3.05, 3.63) is 70.7 Å². The number of fused-ring (bicyclic) bond motifs is 2. The number of anilines is 2. The van der Waals surface area contributed by atoms with Crippen molar-refractivity contribution in [2.24, 2.45) is 7.05 Å². The van der Waals surface area contributed by atoms with Crippen LogP contribution in [0.25, 0.3) is 16.7 Å². The fourth-order valence-electron chi connectivity index (χ4n) is 5.76. The van der Waals surface area contributed by atoms with Gasteiger partial charge in [-0.3, -0.25) is 9.48 Å². The molecular formula is C29H29F2N5O3. The second kappa shape index (κ2) is 9.52. The van der Waals surface area contributed by atoms with E-state index < -0.39 is 12.5 Å². The number of benzene rings is 2. The maximum absolute atomic E-state index is 14.4. The number of aromatic nitrogens is 2. The summed E-state index contributed by atoms with van der Waals surface area (Å²) in [7, 11) is 3.44. The Balaban J connectivity index is 1.50. The lowest BCUT2D eigenvalue weighted by Crippen LogP contribution is -2.31. The number of cyclic esters (lactones) is 1. The molecule has 2 aromatic carbocycles. The van der Waals surface area contributed by atoms with E-state index in [2.05, 4.69) is 10.00 Å². The summed E-state index contributed by atoms with van der Waals surface area (Å²) >= 11 is 0. The number of carbonyl (C=O) groups is 2. The predicted molar refractivity (Wildman–Crippen MR) is 142 cm³/mol. The number of ether oxygens (including phenoxy) is 1. The van der Waals surface area contributed by atoms with Gasteiger partial charge in [0.2, 0.25) is 5.91 Å². The van der Waals surface area contributed by atoms with Crippen LogP contribution in [0, 0.1) is 0 Å². The first-order valence-corrected chi connectivity index (χ1v) is 12.9. The Morgan fingerprint density at radius 1 is 1.03 bits per heavy atom. The minimum atomic E-state index is -2.66. The molecule has 0 unspecified atom stereocenters. The molecule has 0 aliphatic carbocycles. The molecule has 3 aromatic rings. The number of likely N-dealkylation sites (N-methyl/N-ethyl adjacent to an activating group) is 1. The van der Waals surface area contributed by atoms with E-state index in [1.165, 1.54) is 11.2 Å². The molecule has 202 valence electrons. The second-order valence-corrected chi connectivity index (χ2v) is 10.4. The highest BCUT2D eigenvalue weighted by Crippen LogP contribution is 2.44. The van der Waals surface area contributed by atoms with Crippen LogP contribution >= 0.6 is 0 Å². The van der Waals surface area contributed by atoms with E-state index in [1.807, 2.05) is 18.2 Å². The Labute approximate surface area is 225 Å². The number of aryl methyl sites for hydroxylation is 2. The van der Waals surface area contributed by atoms with Crippen molar-refractivity contribution in [1.82, 2.24) is 19.6 Å². The monoisotopic (exact) mass is 533 g/mol. The molecule has 0 saturated heterocycles. The van der Waals surface area contributed by atoms with E-state index in [-0.39, 0.29) is 11.5 Å². The zero-order valence-electron chi connectivity index (χ0n) is 22.1. The molecule has 0 atom stereocenters. The van der Waals surface area contributed by atoms with E-state index in [0.29, 0.717) is 37.3 Å². The summed E-state index contributed by atoms with van der Waals surface area (Å²) in [6, 6.07) is 7.58. The van der Waals surface area contributed by atoms with Gasteiger partial charge in [-0.25, -0.2) is 13.6 Å². The van der Waals surface area contributed by atoms with Gasteiger partial charge in [-0.2, -0.15) is 5.10 Å². The van der Waals surface area contributed by atoms with Crippen LogP contribution in [0.1, 0.15) is 47.6 Å². The predicted octanol–water partition coefficient (Wildman–Crippen LogP) is 5.39. The standard InChI is InChI=1S/C29H29F2N5O3/c1-17(37)35-14-20-7-19(22-12-33(2)29(38)39-16-22)9-27(25(20)15-35)36-6-4-5-18-8-23(21-11-32-34(3)13-21)24(28(30)31)10-26(18)36/h7-11,13,16,28H,4-6,12,14-15H2,1-3H3. The lowest BCUT2D eigenvalue weighted by atomic mass is 9.91. The third-order valence-corrected chi connectivity index (χ3v) is 7.78. The Kier molecular flexibility index (Phi) is 6.12. The number of hydrogen-bond acceptors (Lipinski definition) is 5. The third-order valence-electron chi connectivity index (χ3n) is 7.78. The van der Waals surface area contributed by atoms with Crippen molar-refractivity contribution in [2.45, 2.75) is 39.3 Å². The summed E-state index contributed by atoms with van der Waals surface area (Å²) in [6.07, 6.45) is 3.40. The molecule has 0 saturated carbocycles. The first-order chi connectivity index (χ1) is 18.7. The number of carbonyl (C=O) groups excluding carboxylic acids is 2. The molecule has 39 heavy (non-hydrogen) atoms. The van der Waals surface area contributed by atoms with Crippen molar-refractivity contribution in [2.75, 3.05) is 25.0 Å². The largest absolute Gasteiger partial charge is 0.418 e. The molecule has 0 radical (unpaired) electrons. The van der Waals surface area contributed by atoms with Gasteiger partial charge in [-0.05, 0) is 59.4 Å². The van der Waals surface area contributed by atoms with Crippen LogP contribution in [0.5, 0.6) is 0 Å². The van der Waals surface area contributed by atoms with E-state index >= 15 is 0 Å². The smallest absolute Gasteiger partial charge is 0.414 e. The molecule has 6 rings (SSSR count). The Hall–Kier alpha value is -4.21. The Morgan fingerprint density at radius 3 is 2.54 bits per heavy atom. The second-order valence-electron chi connectivity index (χ2n) is 10.4. The van der Waals surface area contributed by atoms with Gasteiger partial charge in [0.1, 0.15) is 6.26 Å². The van der Waals surface area contributed by atoms with Crippen LogP contribution in [-0.4, -0.2) is 51.7 Å². The maximum Gasteiger partial charge on any atom is 0.414 e. The highest BCUT2D eigenvalue weighted by Gasteiger charge is 2.31. The Morgan fingerprint density at radius 2 is 1.85 bits per heavy atom. The minimum absolute atomic E-state index is 0.0237. The average Bonchev–Trinajstić information content (AvgIpc) is 3.55. The number of rotatable bonds is 4. The van der Waals surface area contributed by atoms with Crippen LogP contribution in [0.4, 0.5) is 25.0 Å². The summed E-state index contributed by atoms with van der Waals surface area (Å²) in [6.45, 7) is 3.52. The number of hydrogen-bond donors (Lipinski definition) is 0. The first-order valence-electron chi connectivity index (χ1n) is 12.9. The fraction of sp³-hybridized carbons (Fsp3) is 0.345. The van der Waals surface area contributed by atoms with Gasteiger partial charge in [0.05, 0.1) is 12.7 Å². The summed E-state index contributed by atoms with van der Waals surface area (Å²) < 4.78 is 35.7. The Bertz CT molecular complexity index is 1530. The molecular weight excluding hydrogens is 504 g/mol. The molecule has 0 fully saturated rings. The van der Waals surface area contributed by atoms with Crippen LogP contribution in [0.3, 0.4) is 0 Å². The maximum atomic E-state index is 14.4. The van der Waals surface area contributed by atoms with Gasteiger partial charge in [0.25, 0.3) is 6.43 Å². The van der Waals surface area contributed by atoms with E-state index in [4.69, 9.17) is 4.74 Å². The normalized spacial score (nSPS) is 16.8. The van der Waals surface area contributed by atoms with Crippen molar-refractivity contribution in [1.29, 1.82) is 0 Å². The molecule has 2 amide bonds. The van der Waals surface area contributed by atoms with Gasteiger partial charge >= 0.3 is 6.09 Å². The number of amides is 2. The highest BCUT2D eigenvalue weighted by atomic mass is 19.3.